The van der Waals surface area contributed by atoms with Crippen LogP contribution in [0.1, 0.15) is 46.5 Å². The van der Waals surface area contributed by atoms with Crippen molar-refractivity contribution in [3.8, 4) is 0 Å². The van der Waals surface area contributed by atoms with E-state index in [0.717, 1.165) is 12.8 Å². The highest BCUT2D eigenvalue weighted by Crippen LogP contribution is 2.29. The average Bonchev–Trinajstić information content (AvgIpc) is 2.73. The van der Waals surface area contributed by atoms with E-state index in [9.17, 15) is 9.59 Å². The number of nitrogens with two attached hydrogens (primary N) is 1. The van der Waals surface area contributed by atoms with Gasteiger partial charge in [0, 0.05) is 6.04 Å². The van der Waals surface area contributed by atoms with E-state index in [2.05, 4.69) is 0 Å². The Labute approximate surface area is 109 Å². The Bertz CT molecular complexity index is 309. The van der Waals surface area contributed by atoms with Crippen molar-refractivity contribution in [2.75, 3.05) is 13.2 Å². The third kappa shape index (κ3) is 3.45. The van der Waals surface area contributed by atoms with Crippen LogP contribution in [0.5, 0.6) is 0 Å². The number of hydrogen-bond acceptors (Lipinski definition) is 4. The maximum Gasteiger partial charge on any atom is 0.325 e. The first kappa shape index (κ1) is 15.0. The molecule has 2 N–H and O–H groups in total. The molecule has 0 heterocycles. The topological polar surface area (TPSA) is 72.6 Å². The zero-order valence-corrected chi connectivity index (χ0v) is 11.6. The van der Waals surface area contributed by atoms with Crippen LogP contribution >= 0.6 is 0 Å². The maximum absolute atomic E-state index is 12.4. The molecule has 0 aromatic heterocycles. The number of hydrogen-bond donors (Lipinski definition) is 1. The van der Waals surface area contributed by atoms with Crippen LogP contribution in [0.3, 0.4) is 0 Å². The van der Waals surface area contributed by atoms with Crippen molar-refractivity contribution in [3.05, 3.63) is 0 Å². The van der Waals surface area contributed by atoms with Gasteiger partial charge in [0.1, 0.15) is 6.54 Å². The van der Waals surface area contributed by atoms with Crippen molar-refractivity contribution in [2.24, 2.45) is 5.73 Å². The molecule has 0 radical (unpaired) electrons. The van der Waals surface area contributed by atoms with Crippen molar-refractivity contribution >= 4 is 11.9 Å². The van der Waals surface area contributed by atoms with Crippen LogP contribution in [-0.2, 0) is 14.3 Å². The second-order valence-corrected chi connectivity index (χ2v) is 5.20. The second-order valence-electron chi connectivity index (χ2n) is 5.20. The van der Waals surface area contributed by atoms with E-state index in [1.807, 2.05) is 13.8 Å². The van der Waals surface area contributed by atoms with Crippen LogP contribution in [0.2, 0.25) is 0 Å². The van der Waals surface area contributed by atoms with Gasteiger partial charge in [-0.3, -0.25) is 9.59 Å². The minimum Gasteiger partial charge on any atom is -0.465 e. The third-order valence-electron chi connectivity index (χ3n) is 3.41. The van der Waals surface area contributed by atoms with E-state index in [0.29, 0.717) is 19.4 Å². The Morgan fingerprint density at radius 3 is 2.33 bits per heavy atom. The van der Waals surface area contributed by atoms with E-state index < -0.39 is 5.54 Å². The molecule has 1 amide bonds. The van der Waals surface area contributed by atoms with Crippen LogP contribution in [0.15, 0.2) is 0 Å². The van der Waals surface area contributed by atoms with E-state index in [-0.39, 0.29) is 24.5 Å². The van der Waals surface area contributed by atoms with E-state index in [4.69, 9.17) is 10.5 Å². The number of esters is 1. The molecule has 0 atom stereocenters. The normalized spacial score (nSPS) is 17.8. The molecule has 0 spiro atoms. The van der Waals surface area contributed by atoms with Gasteiger partial charge in [0.2, 0.25) is 5.91 Å². The summed E-state index contributed by atoms with van der Waals surface area (Å²) in [5.41, 5.74) is 5.37. The Hall–Kier alpha value is -1.10. The summed E-state index contributed by atoms with van der Waals surface area (Å²) in [5, 5.41) is 0. The summed E-state index contributed by atoms with van der Waals surface area (Å²) < 4.78 is 4.89. The van der Waals surface area contributed by atoms with Crippen LogP contribution in [0.25, 0.3) is 0 Å². The van der Waals surface area contributed by atoms with Crippen LogP contribution < -0.4 is 5.73 Å². The highest BCUT2D eigenvalue weighted by molar-refractivity contribution is 5.89. The molecule has 104 valence electrons. The molecular formula is C13H24N2O3. The lowest BCUT2D eigenvalue weighted by atomic mass is 9.96. The largest absolute Gasteiger partial charge is 0.465 e. The minimum absolute atomic E-state index is 0.0106. The lowest BCUT2D eigenvalue weighted by molar-refractivity contribution is -0.152. The molecule has 1 aliphatic carbocycles. The van der Waals surface area contributed by atoms with Gasteiger partial charge in [-0.15, -0.1) is 0 Å². The molecule has 0 aromatic rings. The predicted octanol–water partition coefficient (Wildman–Crippen LogP) is 1.06. The van der Waals surface area contributed by atoms with Gasteiger partial charge in [-0.05, 0) is 33.6 Å². The van der Waals surface area contributed by atoms with Crippen LogP contribution in [0.4, 0.5) is 0 Å². The molecule has 0 unspecified atom stereocenters. The maximum atomic E-state index is 12.4. The summed E-state index contributed by atoms with van der Waals surface area (Å²) in [7, 11) is 0. The zero-order valence-electron chi connectivity index (χ0n) is 11.6. The highest BCUT2D eigenvalue weighted by Gasteiger charge is 2.41. The van der Waals surface area contributed by atoms with E-state index in [1.165, 1.54) is 4.90 Å². The van der Waals surface area contributed by atoms with Crippen molar-refractivity contribution in [2.45, 2.75) is 58.0 Å². The van der Waals surface area contributed by atoms with Gasteiger partial charge < -0.3 is 15.4 Å². The van der Waals surface area contributed by atoms with Gasteiger partial charge >= 0.3 is 5.97 Å². The lowest BCUT2D eigenvalue weighted by Gasteiger charge is -2.33. The first-order valence-corrected chi connectivity index (χ1v) is 6.66. The SMILES string of the molecule is CCOC(=O)CN(C(=O)C1(N)CCCC1)C(C)C. The Morgan fingerprint density at radius 1 is 1.33 bits per heavy atom. The first-order chi connectivity index (χ1) is 8.40. The smallest absolute Gasteiger partial charge is 0.325 e. The van der Waals surface area contributed by atoms with Crippen LogP contribution in [-0.4, -0.2) is 41.5 Å². The van der Waals surface area contributed by atoms with Crippen molar-refractivity contribution in [1.82, 2.24) is 4.90 Å². The van der Waals surface area contributed by atoms with Gasteiger partial charge in [0.25, 0.3) is 0 Å². The fourth-order valence-electron chi connectivity index (χ4n) is 2.34. The van der Waals surface area contributed by atoms with Gasteiger partial charge in [-0.1, -0.05) is 12.8 Å². The molecule has 1 fully saturated rings. The molecule has 0 bridgehead atoms. The number of rotatable bonds is 5. The first-order valence-electron chi connectivity index (χ1n) is 6.66. The number of ether oxygens (including phenoxy) is 1. The number of carbonyl (C=O) groups excluding carboxylic acids is 2. The molecule has 1 aliphatic rings. The standard InChI is InChI=1S/C13H24N2O3/c1-4-18-11(16)9-15(10(2)3)12(17)13(14)7-5-6-8-13/h10H,4-9,14H2,1-3H3. The highest BCUT2D eigenvalue weighted by atomic mass is 16.5. The molecule has 1 saturated carbocycles. The monoisotopic (exact) mass is 256 g/mol. The Balaban J connectivity index is 2.72. The fraction of sp³-hybridized carbons (Fsp3) is 0.846. The Morgan fingerprint density at radius 2 is 1.89 bits per heavy atom. The average molecular weight is 256 g/mol. The Kier molecular flexibility index (Phi) is 5.14. The second kappa shape index (κ2) is 6.18. The lowest BCUT2D eigenvalue weighted by Crippen LogP contribution is -2.56. The summed E-state index contributed by atoms with van der Waals surface area (Å²) in [5.74, 6) is -0.496. The number of nitrogens with zero attached hydrogens (tertiary/aromatic N) is 1. The molecular weight excluding hydrogens is 232 g/mol. The molecule has 18 heavy (non-hydrogen) atoms. The number of amides is 1. The van der Waals surface area contributed by atoms with Gasteiger partial charge in [-0.25, -0.2) is 0 Å². The summed E-state index contributed by atoms with van der Waals surface area (Å²) in [4.78, 5) is 25.5. The summed E-state index contributed by atoms with van der Waals surface area (Å²) in [6.07, 6.45) is 3.37. The van der Waals surface area contributed by atoms with Gasteiger partial charge in [0.15, 0.2) is 0 Å². The summed E-state index contributed by atoms with van der Waals surface area (Å²) in [6.45, 7) is 5.84. The predicted molar refractivity (Wildman–Crippen MR) is 68.9 cm³/mol. The molecule has 0 saturated heterocycles. The van der Waals surface area contributed by atoms with E-state index in [1.54, 1.807) is 6.92 Å². The van der Waals surface area contributed by atoms with E-state index >= 15 is 0 Å². The molecule has 0 aromatic carbocycles. The summed E-state index contributed by atoms with van der Waals surface area (Å²) >= 11 is 0. The minimum atomic E-state index is -0.781. The fourth-order valence-corrected chi connectivity index (χ4v) is 2.34. The molecule has 5 heteroatoms. The summed E-state index contributed by atoms with van der Waals surface area (Å²) in [6, 6.07) is -0.0528. The van der Waals surface area contributed by atoms with Crippen molar-refractivity contribution < 1.29 is 14.3 Å². The third-order valence-corrected chi connectivity index (χ3v) is 3.41. The number of carbonyl (C=O) groups is 2. The zero-order chi connectivity index (χ0) is 13.8. The molecule has 1 rings (SSSR count). The van der Waals surface area contributed by atoms with Crippen molar-refractivity contribution in [3.63, 3.8) is 0 Å². The van der Waals surface area contributed by atoms with Crippen LogP contribution in [0, 0.1) is 0 Å². The van der Waals surface area contributed by atoms with Gasteiger partial charge in [0.05, 0.1) is 12.1 Å². The quantitative estimate of drug-likeness (QED) is 0.746. The van der Waals surface area contributed by atoms with Crippen molar-refractivity contribution in [1.29, 1.82) is 0 Å². The molecule has 5 nitrogen and oxygen atoms in total. The van der Waals surface area contributed by atoms with Gasteiger partial charge in [-0.2, -0.15) is 0 Å². The molecule has 0 aliphatic heterocycles.